The van der Waals surface area contributed by atoms with Crippen LogP contribution in [0.15, 0.2) is 60.8 Å². The zero-order valence-corrected chi connectivity index (χ0v) is 20.3. The number of amides is 2. The van der Waals surface area contributed by atoms with Crippen molar-refractivity contribution in [3.05, 3.63) is 77.7 Å². The Morgan fingerprint density at radius 3 is 2.43 bits per heavy atom. The molecule has 0 radical (unpaired) electrons. The van der Waals surface area contributed by atoms with Gasteiger partial charge in [-0.25, -0.2) is 4.39 Å². The average Bonchev–Trinajstić information content (AvgIpc) is 2.89. The molecule has 182 valence electrons. The molecule has 3 heterocycles. The Kier molecular flexibility index (Phi) is 6.54. The molecule has 2 fully saturated rings. The first kappa shape index (κ1) is 23.5. The first-order chi connectivity index (χ1) is 16.9. The number of halogens is 1. The normalized spacial score (nSPS) is 18.6. The van der Waals surface area contributed by atoms with Gasteiger partial charge >= 0.3 is 0 Å². The fourth-order valence-corrected chi connectivity index (χ4v) is 5.59. The van der Waals surface area contributed by atoms with Crippen molar-refractivity contribution in [3.8, 4) is 0 Å². The summed E-state index contributed by atoms with van der Waals surface area (Å²) in [5, 5.41) is 1.17. The summed E-state index contributed by atoms with van der Waals surface area (Å²) in [6.07, 6.45) is 6.10. The van der Waals surface area contributed by atoms with Gasteiger partial charge in [0.05, 0.1) is 5.52 Å². The maximum atomic E-state index is 13.5. The fraction of sp³-hybridized carbons (Fsp3) is 0.414. The van der Waals surface area contributed by atoms with E-state index < -0.39 is 11.2 Å². The third-order valence-corrected chi connectivity index (χ3v) is 7.87. The van der Waals surface area contributed by atoms with Crippen LogP contribution in [0.25, 0.3) is 10.9 Å². The molecule has 0 spiro atoms. The van der Waals surface area contributed by atoms with Gasteiger partial charge in [0.15, 0.2) is 0 Å². The molecule has 6 heteroatoms. The maximum absolute atomic E-state index is 13.5. The van der Waals surface area contributed by atoms with E-state index in [-0.39, 0.29) is 11.8 Å². The summed E-state index contributed by atoms with van der Waals surface area (Å²) < 4.78 is 13.5. The summed E-state index contributed by atoms with van der Waals surface area (Å²) in [6, 6.07) is 16.3. The first-order valence-corrected chi connectivity index (χ1v) is 12.6. The number of piperidine rings is 2. The van der Waals surface area contributed by atoms with Crippen LogP contribution in [0, 0.1) is 17.2 Å². The monoisotopic (exact) mass is 473 g/mol. The van der Waals surface area contributed by atoms with E-state index in [1.807, 2.05) is 24.1 Å². The average molecular weight is 474 g/mol. The first-order valence-electron chi connectivity index (χ1n) is 12.6. The number of aromatic nitrogens is 1. The number of fused-ring (bicyclic) bond motifs is 1. The number of pyridine rings is 1. The molecule has 2 saturated heterocycles. The second kappa shape index (κ2) is 9.76. The molecule has 0 aliphatic carbocycles. The minimum absolute atomic E-state index is 0.164. The molecule has 0 unspecified atom stereocenters. The van der Waals surface area contributed by atoms with E-state index >= 15 is 0 Å². The highest BCUT2D eigenvalue weighted by atomic mass is 19.1. The van der Waals surface area contributed by atoms with Gasteiger partial charge in [0.2, 0.25) is 5.91 Å². The number of carbonyl (C=O) groups excluding carboxylic acids is 2. The predicted octanol–water partition coefficient (Wildman–Crippen LogP) is 5.10. The Morgan fingerprint density at radius 1 is 0.971 bits per heavy atom. The molecule has 2 aliphatic rings. The van der Waals surface area contributed by atoms with Gasteiger partial charge in [-0.3, -0.25) is 14.6 Å². The number of carbonyl (C=O) groups is 2. The van der Waals surface area contributed by atoms with Crippen LogP contribution < -0.4 is 0 Å². The second-order valence-electron chi connectivity index (χ2n) is 10.3. The van der Waals surface area contributed by atoms with Crippen LogP contribution in [-0.2, 0) is 11.2 Å². The van der Waals surface area contributed by atoms with Crippen LogP contribution >= 0.6 is 0 Å². The highest BCUT2D eigenvalue weighted by molar-refractivity contribution is 5.94. The number of hydrogen-bond donors (Lipinski definition) is 0. The summed E-state index contributed by atoms with van der Waals surface area (Å²) >= 11 is 0. The Balaban J connectivity index is 1.15. The molecule has 2 aromatic carbocycles. The molecule has 1 aromatic heterocycles. The van der Waals surface area contributed by atoms with Gasteiger partial charge in [0, 0.05) is 48.7 Å². The number of para-hydroxylation sites is 1. The van der Waals surface area contributed by atoms with Crippen LogP contribution in [0.4, 0.5) is 4.39 Å². The summed E-state index contributed by atoms with van der Waals surface area (Å²) in [5.74, 6) is 0.182. The van der Waals surface area contributed by atoms with Gasteiger partial charge in [0.25, 0.3) is 5.91 Å². The van der Waals surface area contributed by atoms with Crippen molar-refractivity contribution in [3.63, 3.8) is 0 Å². The van der Waals surface area contributed by atoms with Crippen molar-refractivity contribution in [1.82, 2.24) is 14.8 Å². The Bertz CT molecular complexity index is 1220. The Labute approximate surface area is 205 Å². The summed E-state index contributed by atoms with van der Waals surface area (Å²) in [5.41, 5.74) is 2.28. The molecular weight excluding hydrogens is 441 g/mol. The van der Waals surface area contributed by atoms with Crippen LogP contribution in [0.2, 0.25) is 0 Å². The topological polar surface area (TPSA) is 53.5 Å². The highest BCUT2D eigenvalue weighted by Crippen LogP contribution is 2.35. The van der Waals surface area contributed by atoms with Crippen LogP contribution in [-0.4, -0.2) is 52.8 Å². The minimum Gasteiger partial charge on any atom is -0.342 e. The lowest BCUT2D eigenvalue weighted by Gasteiger charge is -2.43. The van der Waals surface area contributed by atoms with Gasteiger partial charge in [-0.1, -0.05) is 37.3 Å². The molecule has 2 aliphatic heterocycles. The Morgan fingerprint density at radius 2 is 1.69 bits per heavy atom. The molecule has 35 heavy (non-hydrogen) atoms. The highest BCUT2D eigenvalue weighted by Gasteiger charge is 2.41. The lowest BCUT2D eigenvalue weighted by Crippen LogP contribution is -2.51. The Hall–Kier alpha value is -3.28. The van der Waals surface area contributed by atoms with Crippen molar-refractivity contribution in [2.24, 2.45) is 11.3 Å². The SMILES string of the molecule is CC1(C(=O)N2CCC(Cc3cccc4cccnc34)CC2)CCN(C(=O)c2cccc(F)c2)CC1. The maximum Gasteiger partial charge on any atom is 0.253 e. The molecule has 2 amide bonds. The van der Waals surface area contributed by atoms with E-state index in [0.717, 1.165) is 37.9 Å². The standard InChI is InChI=1S/C29H32FN3O2/c1-29(12-17-32(18-13-29)27(34)24-7-3-9-25(30)20-24)28(35)33-15-10-21(11-16-33)19-23-6-2-5-22-8-4-14-31-26(22)23/h2-9,14,20-21H,10-13,15-19H2,1H3. The minimum atomic E-state index is -0.453. The van der Waals surface area contributed by atoms with Crippen LogP contribution in [0.5, 0.6) is 0 Å². The molecule has 0 saturated carbocycles. The molecule has 5 nitrogen and oxygen atoms in total. The van der Waals surface area contributed by atoms with Gasteiger partial charge < -0.3 is 9.80 Å². The number of hydrogen-bond acceptors (Lipinski definition) is 3. The molecule has 5 rings (SSSR count). The molecule has 0 N–H and O–H groups in total. The van der Waals surface area contributed by atoms with E-state index in [0.29, 0.717) is 37.4 Å². The quantitative estimate of drug-likeness (QED) is 0.530. The van der Waals surface area contributed by atoms with Crippen LogP contribution in [0.3, 0.4) is 0 Å². The number of rotatable bonds is 4. The smallest absolute Gasteiger partial charge is 0.253 e. The largest absolute Gasteiger partial charge is 0.342 e. The van der Waals surface area contributed by atoms with Crippen LogP contribution in [0.1, 0.15) is 48.5 Å². The van der Waals surface area contributed by atoms with Gasteiger partial charge in [-0.15, -0.1) is 0 Å². The zero-order chi connectivity index (χ0) is 24.4. The lowest BCUT2D eigenvalue weighted by molar-refractivity contribution is -0.145. The van der Waals surface area contributed by atoms with Crippen molar-refractivity contribution >= 4 is 22.7 Å². The van der Waals surface area contributed by atoms with Crippen molar-refractivity contribution in [2.75, 3.05) is 26.2 Å². The van der Waals surface area contributed by atoms with E-state index in [2.05, 4.69) is 29.2 Å². The zero-order valence-electron chi connectivity index (χ0n) is 20.3. The molecule has 0 atom stereocenters. The summed E-state index contributed by atoms with van der Waals surface area (Å²) in [6.45, 7) is 4.63. The van der Waals surface area contributed by atoms with E-state index in [9.17, 15) is 14.0 Å². The van der Waals surface area contributed by atoms with Gasteiger partial charge in [0.1, 0.15) is 5.82 Å². The van der Waals surface area contributed by atoms with Gasteiger partial charge in [-0.05, 0) is 67.9 Å². The van der Waals surface area contributed by atoms with E-state index in [1.54, 1.807) is 17.0 Å². The third-order valence-electron chi connectivity index (χ3n) is 7.87. The van der Waals surface area contributed by atoms with Crippen molar-refractivity contribution in [1.29, 1.82) is 0 Å². The lowest BCUT2D eigenvalue weighted by atomic mass is 9.78. The van der Waals surface area contributed by atoms with Crippen molar-refractivity contribution in [2.45, 2.75) is 39.0 Å². The second-order valence-corrected chi connectivity index (χ2v) is 10.3. The number of likely N-dealkylation sites (tertiary alicyclic amines) is 2. The fourth-order valence-electron chi connectivity index (χ4n) is 5.59. The van der Waals surface area contributed by atoms with E-state index in [4.69, 9.17) is 0 Å². The molecule has 0 bridgehead atoms. The summed E-state index contributed by atoms with van der Waals surface area (Å²) in [4.78, 5) is 34.6. The van der Waals surface area contributed by atoms with E-state index in [1.165, 1.54) is 23.1 Å². The van der Waals surface area contributed by atoms with Crippen molar-refractivity contribution < 1.29 is 14.0 Å². The summed E-state index contributed by atoms with van der Waals surface area (Å²) in [7, 11) is 0. The number of nitrogens with zero attached hydrogens (tertiary/aromatic N) is 3. The van der Waals surface area contributed by atoms with Gasteiger partial charge in [-0.2, -0.15) is 0 Å². The number of benzene rings is 2. The predicted molar refractivity (Wildman–Crippen MR) is 134 cm³/mol. The third kappa shape index (κ3) is 4.93. The molecular formula is C29H32FN3O2. The molecule has 3 aromatic rings.